The lowest BCUT2D eigenvalue weighted by molar-refractivity contribution is -0.137. The molecule has 0 bridgehead atoms. The second-order valence-electron chi connectivity index (χ2n) is 2.16. The summed E-state index contributed by atoms with van der Waals surface area (Å²) in [6.07, 6.45) is 2.49. The van der Waals surface area contributed by atoms with Gasteiger partial charge in [0.1, 0.15) is 0 Å². The number of hydrogen-bond donors (Lipinski definition) is 0. The van der Waals surface area contributed by atoms with Crippen molar-refractivity contribution in [1.29, 1.82) is 0 Å². The summed E-state index contributed by atoms with van der Waals surface area (Å²) in [6, 6.07) is 0. The summed E-state index contributed by atoms with van der Waals surface area (Å²) in [4.78, 5) is 20.8. The Bertz CT molecular complexity index is 191. The van der Waals surface area contributed by atoms with E-state index in [9.17, 15) is 9.59 Å². The van der Waals surface area contributed by atoms with Crippen LogP contribution < -0.4 is 0 Å². The van der Waals surface area contributed by atoms with Gasteiger partial charge in [0.2, 0.25) is 0 Å². The van der Waals surface area contributed by atoms with Gasteiger partial charge in [-0.2, -0.15) is 0 Å². The minimum atomic E-state index is -0.425. The van der Waals surface area contributed by atoms with Crippen LogP contribution in [0.5, 0.6) is 0 Å². The van der Waals surface area contributed by atoms with Crippen molar-refractivity contribution in [2.24, 2.45) is 0 Å². The van der Waals surface area contributed by atoms with Crippen LogP contribution in [0.4, 0.5) is 4.79 Å². The van der Waals surface area contributed by atoms with Gasteiger partial charge < -0.3 is 9.47 Å². The Morgan fingerprint density at radius 1 is 1.23 bits per heavy atom. The van der Waals surface area contributed by atoms with Gasteiger partial charge in [0.15, 0.2) is 0 Å². The summed E-state index contributed by atoms with van der Waals surface area (Å²) < 4.78 is 9.04. The molecule has 0 rings (SSSR count). The molecule has 4 nitrogen and oxygen atoms in total. The van der Waals surface area contributed by atoms with Crippen molar-refractivity contribution in [3.05, 3.63) is 12.7 Å². The lowest BCUT2D eigenvalue weighted by Crippen LogP contribution is -2.03. The zero-order chi connectivity index (χ0) is 10.1. The van der Waals surface area contributed by atoms with Crippen LogP contribution in [0, 0.1) is 0 Å². The maximum absolute atomic E-state index is 10.5. The van der Waals surface area contributed by atoms with Crippen LogP contribution in [0.2, 0.25) is 0 Å². The van der Waals surface area contributed by atoms with Crippen LogP contribution in [-0.2, 0) is 14.3 Å². The molecule has 13 heavy (non-hydrogen) atoms. The summed E-state index contributed by atoms with van der Waals surface area (Å²) >= 11 is 1.56. The minimum Gasteiger partial charge on any atom is -0.463 e. The number of carbonyl (C=O) groups excluding carboxylic acids is 2. The van der Waals surface area contributed by atoms with E-state index in [1.807, 2.05) is 0 Å². The van der Waals surface area contributed by atoms with Crippen LogP contribution >= 0.6 is 22.6 Å². The Labute approximate surface area is 90.4 Å². The molecule has 0 spiro atoms. The number of ether oxygens (including phenoxy) is 2. The summed E-state index contributed by atoms with van der Waals surface area (Å²) in [5.41, 5.74) is 0. The smallest absolute Gasteiger partial charge is 0.367 e. The average molecular weight is 298 g/mol. The van der Waals surface area contributed by atoms with Gasteiger partial charge in [0.25, 0.3) is 0 Å². The number of hydrogen-bond acceptors (Lipinski definition) is 4. The number of halogens is 1. The Balaban J connectivity index is 3.12. The highest BCUT2D eigenvalue weighted by Crippen LogP contribution is 1.96. The first-order valence-electron chi connectivity index (χ1n) is 3.78. The Hall–Kier alpha value is -0.590. The molecule has 0 aromatic rings. The molecule has 0 saturated carbocycles. The molecule has 0 unspecified atom stereocenters. The number of esters is 1. The molecule has 0 N–H and O–H groups in total. The normalized spacial score (nSPS) is 9.00. The molecule has 74 valence electrons. The third-order valence-corrected chi connectivity index (χ3v) is 1.48. The number of unbranched alkanes of at least 4 members (excludes halogenated alkanes) is 1. The Morgan fingerprint density at radius 3 is 2.23 bits per heavy atom. The molecule has 0 fully saturated rings. The predicted molar refractivity (Wildman–Crippen MR) is 55.8 cm³/mol. The molecule has 0 radical (unpaired) electrons. The summed E-state index contributed by atoms with van der Waals surface area (Å²) in [5.74, 6) is -0.425. The van der Waals surface area contributed by atoms with E-state index in [0.717, 1.165) is 6.08 Å². The van der Waals surface area contributed by atoms with Gasteiger partial charge in [-0.1, -0.05) is 6.58 Å². The first-order valence-corrected chi connectivity index (χ1v) is 4.86. The van der Waals surface area contributed by atoms with Crippen molar-refractivity contribution < 1.29 is 19.1 Å². The van der Waals surface area contributed by atoms with E-state index >= 15 is 0 Å². The van der Waals surface area contributed by atoms with Gasteiger partial charge in [-0.3, -0.25) is 0 Å². The van der Waals surface area contributed by atoms with Gasteiger partial charge in [-0.15, -0.1) is 0 Å². The lowest BCUT2D eigenvalue weighted by Gasteiger charge is -2.01. The second kappa shape index (κ2) is 8.03. The van der Waals surface area contributed by atoms with Crippen LogP contribution in [0.15, 0.2) is 12.7 Å². The maximum atomic E-state index is 10.5. The SMILES string of the molecule is C=CC(=O)OCCCCOC(=O)I. The fraction of sp³-hybridized carbons (Fsp3) is 0.500. The molecular formula is C8H11IO4. The summed E-state index contributed by atoms with van der Waals surface area (Å²) in [7, 11) is 0. The monoisotopic (exact) mass is 298 g/mol. The fourth-order valence-corrected chi connectivity index (χ4v) is 0.808. The van der Waals surface area contributed by atoms with Crippen molar-refractivity contribution >= 4 is 32.5 Å². The molecule has 0 aromatic carbocycles. The molecular weight excluding hydrogens is 287 g/mol. The quantitative estimate of drug-likeness (QED) is 0.248. The van der Waals surface area contributed by atoms with Crippen molar-refractivity contribution in [3.8, 4) is 0 Å². The van der Waals surface area contributed by atoms with E-state index in [0.29, 0.717) is 26.1 Å². The molecule has 0 aromatic heterocycles. The van der Waals surface area contributed by atoms with Crippen molar-refractivity contribution in [3.63, 3.8) is 0 Å². The van der Waals surface area contributed by atoms with Crippen molar-refractivity contribution in [2.45, 2.75) is 12.8 Å². The standard InChI is InChI=1S/C8H11IO4/c1-2-7(10)12-5-3-4-6-13-8(9)11/h2H,1,3-6H2. The van der Waals surface area contributed by atoms with Crippen molar-refractivity contribution in [2.75, 3.05) is 13.2 Å². The first-order chi connectivity index (χ1) is 6.16. The minimum absolute atomic E-state index is 0.319. The van der Waals surface area contributed by atoms with Crippen LogP contribution in [0.1, 0.15) is 12.8 Å². The fourth-order valence-electron chi connectivity index (χ4n) is 0.588. The zero-order valence-corrected chi connectivity index (χ0v) is 9.28. The van der Waals surface area contributed by atoms with Gasteiger partial charge in [-0.25, -0.2) is 9.59 Å². The second-order valence-corrected chi connectivity index (χ2v) is 3.05. The van der Waals surface area contributed by atoms with Gasteiger partial charge in [0, 0.05) is 6.08 Å². The average Bonchev–Trinajstić information content (AvgIpc) is 2.10. The first kappa shape index (κ1) is 12.4. The molecule has 0 amide bonds. The van der Waals surface area contributed by atoms with E-state index in [1.165, 1.54) is 0 Å². The lowest BCUT2D eigenvalue weighted by atomic mass is 10.3. The number of rotatable bonds is 6. The van der Waals surface area contributed by atoms with E-state index in [1.54, 1.807) is 22.6 Å². The van der Waals surface area contributed by atoms with Gasteiger partial charge in [-0.05, 0) is 12.8 Å². The summed E-state index contributed by atoms with van der Waals surface area (Å²) in [6.45, 7) is 3.96. The molecule has 0 heterocycles. The third kappa shape index (κ3) is 9.32. The number of carbonyl (C=O) groups is 2. The van der Waals surface area contributed by atoms with Gasteiger partial charge in [0.05, 0.1) is 35.8 Å². The van der Waals surface area contributed by atoms with Crippen LogP contribution in [-0.4, -0.2) is 23.2 Å². The van der Waals surface area contributed by atoms with Crippen LogP contribution in [0.3, 0.4) is 0 Å². The molecule has 0 aliphatic rings. The molecule has 5 heteroatoms. The van der Waals surface area contributed by atoms with E-state index in [-0.39, 0.29) is 3.98 Å². The molecule has 0 saturated heterocycles. The van der Waals surface area contributed by atoms with Gasteiger partial charge >= 0.3 is 9.95 Å². The van der Waals surface area contributed by atoms with Crippen molar-refractivity contribution in [1.82, 2.24) is 0 Å². The largest absolute Gasteiger partial charge is 0.463 e. The highest BCUT2D eigenvalue weighted by atomic mass is 127. The summed E-state index contributed by atoms with van der Waals surface area (Å²) in [5, 5.41) is 0. The van der Waals surface area contributed by atoms with E-state index in [4.69, 9.17) is 4.74 Å². The van der Waals surface area contributed by atoms with E-state index < -0.39 is 5.97 Å². The highest BCUT2D eigenvalue weighted by Gasteiger charge is 1.96. The third-order valence-electron chi connectivity index (χ3n) is 1.17. The zero-order valence-electron chi connectivity index (χ0n) is 7.12. The topological polar surface area (TPSA) is 52.6 Å². The highest BCUT2D eigenvalue weighted by molar-refractivity contribution is 14.1. The maximum Gasteiger partial charge on any atom is 0.367 e. The molecule has 0 atom stereocenters. The van der Waals surface area contributed by atoms with Crippen LogP contribution in [0.25, 0.3) is 0 Å². The predicted octanol–water partition coefficient (Wildman–Crippen LogP) is 2.07. The molecule has 0 aliphatic carbocycles. The Morgan fingerprint density at radius 2 is 1.77 bits per heavy atom. The Kier molecular flexibility index (Phi) is 7.66. The van der Waals surface area contributed by atoms with E-state index in [2.05, 4.69) is 11.3 Å². The molecule has 0 aliphatic heterocycles.